The molecule has 2 bridgehead atoms. The van der Waals surface area contributed by atoms with Crippen LogP contribution in [0.5, 0.6) is 0 Å². The van der Waals surface area contributed by atoms with Crippen molar-refractivity contribution in [2.75, 3.05) is 6.61 Å². The van der Waals surface area contributed by atoms with Crippen LogP contribution in [0, 0.1) is 5.92 Å². The molecule has 1 unspecified atom stereocenters. The zero-order chi connectivity index (χ0) is 6.27. The molecule has 52 valence electrons. The number of piperidine rings is 2. The van der Waals surface area contributed by atoms with Crippen molar-refractivity contribution in [3.63, 3.8) is 0 Å². The topological polar surface area (TPSA) is 32.3 Å². The summed E-state index contributed by atoms with van der Waals surface area (Å²) in [6, 6.07) is 1.17. The summed E-state index contributed by atoms with van der Waals surface area (Å²) in [6.45, 7) is 0.326. The van der Waals surface area contributed by atoms with E-state index in [1.807, 2.05) is 0 Å². The quantitative estimate of drug-likeness (QED) is 0.524. The summed E-state index contributed by atoms with van der Waals surface area (Å²) in [5.41, 5.74) is 0. The van der Waals surface area contributed by atoms with Crippen molar-refractivity contribution in [3.05, 3.63) is 0 Å². The minimum atomic E-state index is 0.326. The van der Waals surface area contributed by atoms with Crippen molar-refractivity contribution in [2.24, 2.45) is 5.92 Å². The fourth-order valence-electron chi connectivity index (χ4n) is 2.00. The normalized spacial score (nSPS) is 48.3. The fourth-order valence-corrected chi connectivity index (χ4v) is 2.00. The third-order valence-electron chi connectivity index (χ3n) is 2.55. The predicted octanol–water partition coefficient (Wildman–Crippen LogP) is 0.119. The molecule has 1 aliphatic carbocycles. The molecule has 0 radical (unpaired) electrons. The highest BCUT2D eigenvalue weighted by atomic mass is 16.3. The molecule has 0 aromatic rings. The molecule has 2 N–H and O–H groups in total. The highest BCUT2D eigenvalue weighted by Gasteiger charge is 2.36. The van der Waals surface area contributed by atoms with Crippen LogP contribution >= 0.6 is 0 Å². The second-order valence-corrected chi connectivity index (χ2v) is 3.32. The number of aliphatic hydroxyl groups is 1. The first-order valence-corrected chi connectivity index (χ1v) is 3.75. The van der Waals surface area contributed by atoms with Crippen molar-refractivity contribution >= 4 is 0 Å². The van der Waals surface area contributed by atoms with Crippen molar-refractivity contribution in [2.45, 2.75) is 31.3 Å². The fraction of sp³-hybridized carbons (Fsp3) is 1.00. The summed E-state index contributed by atoms with van der Waals surface area (Å²) in [4.78, 5) is 0. The van der Waals surface area contributed by atoms with E-state index < -0.39 is 0 Å². The summed E-state index contributed by atoms with van der Waals surface area (Å²) >= 11 is 0. The van der Waals surface area contributed by atoms with E-state index in [4.69, 9.17) is 5.11 Å². The Labute approximate surface area is 55.3 Å². The van der Waals surface area contributed by atoms with Crippen molar-refractivity contribution < 1.29 is 5.11 Å². The van der Waals surface area contributed by atoms with Gasteiger partial charge >= 0.3 is 0 Å². The molecule has 2 heteroatoms. The number of hydrogen-bond acceptors (Lipinski definition) is 2. The van der Waals surface area contributed by atoms with Gasteiger partial charge in [0.25, 0.3) is 0 Å². The van der Waals surface area contributed by atoms with Gasteiger partial charge in [-0.1, -0.05) is 0 Å². The summed E-state index contributed by atoms with van der Waals surface area (Å²) in [7, 11) is 0. The van der Waals surface area contributed by atoms with Crippen LogP contribution in [0.15, 0.2) is 0 Å². The van der Waals surface area contributed by atoms with Gasteiger partial charge in [0.15, 0.2) is 0 Å². The Bertz CT molecular complexity index is 99.5. The lowest BCUT2D eigenvalue weighted by Crippen LogP contribution is -2.55. The largest absolute Gasteiger partial charge is 0.395 e. The lowest BCUT2D eigenvalue weighted by atomic mass is 9.72. The Morgan fingerprint density at radius 1 is 1.33 bits per heavy atom. The monoisotopic (exact) mass is 127 g/mol. The van der Waals surface area contributed by atoms with Crippen LogP contribution < -0.4 is 5.32 Å². The van der Waals surface area contributed by atoms with Crippen LogP contribution in [0.4, 0.5) is 0 Å². The molecule has 2 aliphatic heterocycles. The van der Waals surface area contributed by atoms with E-state index >= 15 is 0 Å². The van der Waals surface area contributed by atoms with E-state index in [0.717, 1.165) is 12.0 Å². The molecule has 0 spiro atoms. The zero-order valence-electron chi connectivity index (χ0n) is 5.51. The summed E-state index contributed by atoms with van der Waals surface area (Å²) in [5.74, 6) is 0.938. The van der Waals surface area contributed by atoms with E-state index in [1.54, 1.807) is 0 Å². The minimum absolute atomic E-state index is 0.326. The second kappa shape index (κ2) is 1.96. The summed E-state index contributed by atoms with van der Waals surface area (Å²) < 4.78 is 0. The maximum Gasteiger partial charge on any atom is 0.0584 e. The lowest BCUT2D eigenvalue weighted by molar-refractivity contribution is 0.0838. The van der Waals surface area contributed by atoms with Gasteiger partial charge in [0.05, 0.1) is 6.61 Å². The van der Waals surface area contributed by atoms with Gasteiger partial charge in [0.2, 0.25) is 0 Å². The van der Waals surface area contributed by atoms with Gasteiger partial charge in [-0.05, 0) is 25.2 Å². The average molecular weight is 127 g/mol. The van der Waals surface area contributed by atoms with E-state index in [9.17, 15) is 0 Å². The van der Waals surface area contributed by atoms with Crippen LogP contribution in [0.1, 0.15) is 19.3 Å². The lowest BCUT2D eigenvalue weighted by Gasteiger charge is -2.45. The van der Waals surface area contributed by atoms with Gasteiger partial charge in [-0.3, -0.25) is 0 Å². The Hall–Kier alpha value is -0.0800. The first-order valence-electron chi connectivity index (χ1n) is 3.75. The van der Waals surface area contributed by atoms with Gasteiger partial charge in [0.1, 0.15) is 0 Å². The summed E-state index contributed by atoms with van der Waals surface area (Å²) in [5, 5.41) is 12.1. The SMILES string of the molecule is OCC1CC2CC(C2)N1. The number of aliphatic hydroxyl groups excluding tert-OH is 1. The average Bonchev–Trinajstić information content (AvgIpc) is 1.87. The maximum atomic E-state index is 8.77. The number of rotatable bonds is 1. The molecule has 2 nitrogen and oxygen atoms in total. The number of fused-ring (bicyclic) bond motifs is 2. The van der Waals surface area contributed by atoms with E-state index in [-0.39, 0.29) is 0 Å². The van der Waals surface area contributed by atoms with E-state index in [2.05, 4.69) is 5.32 Å². The first-order chi connectivity index (χ1) is 4.38. The van der Waals surface area contributed by atoms with Gasteiger partial charge in [-0.15, -0.1) is 0 Å². The molecule has 3 fully saturated rings. The molecule has 0 aromatic carbocycles. The number of nitrogens with one attached hydrogen (secondary N) is 1. The molecular weight excluding hydrogens is 114 g/mol. The zero-order valence-corrected chi connectivity index (χ0v) is 5.51. The van der Waals surface area contributed by atoms with Crippen LogP contribution in [-0.2, 0) is 0 Å². The van der Waals surface area contributed by atoms with Crippen LogP contribution in [0.3, 0.4) is 0 Å². The molecule has 1 atom stereocenters. The Morgan fingerprint density at radius 2 is 2.11 bits per heavy atom. The second-order valence-electron chi connectivity index (χ2n) is 3.32. The molecule has 2 saturated heterocycles. The van der Waals surface area contributed by atoms with E-state index in [0.29, 0.717) is 12.6 Å². The Morgan fingerprint density at radius 3 is 2.44 bits per heavy atom. The molecule has 9 heavy (non-hydrogen) atoms. The standard InChI is InChI=1S/C7H13NO/c9-4-7-3-5-1-6(2-5)8-7/h5-9H,1-4H2. The highest BCUT2D eigenvalue weighted by molar-refractivity contribution is 4.94. The van der Waals surface area contributed by atoms with Crippen LogP contribution in [0.25, 0.3) is 0 Å². The number of hydrogen-bond donors (Lipinski definition) is 2. The molecule has 0 amide bonds. The first kappa shape index (κ1) is 5.69. The third kappa shape index (κ3) is 0.864. The third-order valence-corrected chi connectivity index (χ3v) is 2.55. The minimum Gasteiger partial charge on any atom is -0.395 e. The Kier molecular flexibility index (Phi) is 1.24. The van der Waals surface area contributed by atoms with Gasteiger partial charge < -0.3 is 10.4 Å². The van der Waals surface area contributed by atoms with Crippen LogP contribution in [0.2, 0.25) is 0 Å². The van der Waals surface area contributed by atoms with Gasteiger partial charge in [-0.2, -0.15) is 0 Å². The molecule has 1 saturated carbocycles. The van der Waals surface area contributed by atoms with Crippen LogP contribution in [-0.4, -0.2) is 23.8 Å². The smallest absolute Gasteiger partial charge is 0.0584 e. The molecular formula is C7H13NO. The van der Waals surface area contributed by atoms with Crippen molar-refractivity contribution in [1.29, 1.82) is 0 Å². The maximum absolute atomic E-state index is 8.77. The summed E-state index contributed by atoms with van der Waals surface area (Å²) in [6.07, 6.45) is 3.92. The predicted molar refractivity (Wildman–Crippen MR) is 35.1 cm³/mol. The molecule has 0 aromatic heterocycles. The highest BCUT2D eigenvalue weighted by Crippen LogP contribution is 2.36. The Balaban J connectivity index is 1.89. The molecule has 3 aliphatic rings. The molecule has 3 rings (SSSR count). The van der Waals surface area contributed by atoms with Crippen molar-refractivity contribution in [1.82, 2.24) is 5.32 Å². The van der Waals surface area contributed by atoms with Gasteiger partial charge in [-0.25, -0.2) is 0 Å². The van der Waals surface area contributed by atoms with E-state index in [1.165, 1.54) is 19.3 Å². The molecule has 2 heterocycles. The van der Waals surface area contributed by atoms with Gasteiger partial charge in [0, 0.05) is 12.1 Å². The van der Waals surface area contributed by atoms with Crippen molar-refractivity contribution in [3.8, 4) is 0 Å².